The zero-order valence-electron chi connectivity index (χ0n) is 24.2. The maximum absolute atomic E-state index is 14.0. The summed E-state index contributed by atoms with van der Waals surface area (Å²) >= 11 is 1.21. The van der Waals surface area contributed by atoms with E-state index in [0.717, 1.165) is 22.3 Å². The van der Waals surface area contributed by atoms with E-state index in [-0.39, 0.29) is 11.1 Å². The van der Waals surface area contributed by atoms with Crippen LogP contribution in [0.1, 0.15) is 41.0 Å². The highest BCUT2D eigenvalue weighted by molar-refractivity contribution is 7.15. The quantitative estimate of drug-likeness (QED) is 0.240. The summed E-state index contributed by atoms with van der Waals surface area (Å²) in [5.41, 5.74) is 4.03. The maximum atomic E-state index is 14.0. The van der Waals surface area contributed by atoms with Crippen molar-refractivity contribution < 1.29 is 23.8 Å². The van der Waals surface area contributed by atoms with Gasteiger partial charge in [0.25, 0.3) is 5.56 Å². The van der Waals surface area contributed by atoms with Crippen LogP contribution in [-0.2, 0) is 9.53 Å². The highest BCUT2D eigenvalue weighted by Crippen LogP contribution is 2.41. The Kier molecular flexibility index (Phi) is 7.49. The molecule has 1 unspecified atom stereocenters. The molecule has 1 aliphatic heterocycles. The van der Waals surface area contributed by atoms with Crippen LogP contribution in [0.3, 0.4) is 0 Å². The third-order valence-corrected chi connectivity index (χ3v) is 8.40. The van der Waals surface area contributed by atoms with Crippen LogP contribution in [0, 0.1) is 13.8 Å². The van der Waals surface area contributed by atoms with E-state index in [1.165, 1.54) is 29.1 Å². The summed E-state index contributed by atoms with van der Waals surface area (Å²) in [5, 5.41) is 10.6. The highest BCUT2D eigenvalue weighted by Gasteiger charge is 2.29. The Hall–Kier alpha value is -4.90. The number of nitrogens with one attached hydrogen (secondary N) is 1. The maximum Gasteiger partial charge on any atom is 0.341 e. The number of carbonyl (C=O) groups is 2. The number of hydrogen-bond donors (Lipinski definition) is 1. The number of methoxy groups -OCH3 is 1. The van der Waals surface area contributed by atoms with Crippen molar-refractivity contribution in [3.05, 3.63) is 87.2 Å². The number of aromatic nitrogens is 3. The van der Waals surface area contributed by atoms with Crippen molar-refractivity contribution in [2.45, 2.75) is 33.2 Å². The van der Waals surface area contributed by atoms with Gasteiger partial charge in [0.1, 0.15) is 35.5 Å². The van der Waals surface area contributed by atoms with E-state index in [9.17, 15) is 14.4 Å². The molecule has 43 heavy (non-hydrogen) atoms. The van der Waals surface area contributed by atoms with Crippen molar-refractivity contribution in [3.8, 4) is 28.3 Å². The third kappa shape index (κ3) is 4.95. The lowest BCUT2D eigenvalue weighted by molar-refractivity contribution is -0.119. The average molecular weight is 599 g/mol. The van der Waals surface area contributed by atoms with Gasteiger partial charge < -0.3 is 19.5 Å². The van der Waals surface area contributed by atoms with Gasteiger partial charge in [-0.3, -0.25) is 14.2 Å². The number of rotatable bonds is 7. The monoisotopic (exact) mass is 598 g/mol. The van der Waals surface area contributed by atoms with Gasteiger partial charge in [0.2, 0.25) is 5.91 Å². The minimum atomic E-state index is -0.889. The number of aryl methyl sites for hydroxylation is 2. The fourth-order valence-electron chi connectivity index (χ4n) is 5.54. The second kappa shape index (κ2) is 11.4. The number of para-hydroxylation sites is 1. The molecule has 4 heterocycles. The van der Waals surface area contributed by atoms with Gasteiger partial charge in [0.15, 0.2) is 11.5 Å². The number of benzene rings is 2. The fourth-order valence-corrected chi connectivity index (χ4v) is 6.50. The minimum Gasteiger partial charge on any atom is -0.486 e. The van der Waals surface area contributed by atoms with E-state index in [1.54, 1.807) is 22.2 Å². The van der Waals surface area contributed by atoms with Crippen LogP contribution in [0.4, 0.5) is 5.00 Å². The first kappa shape index (κ1) is 28.2. The molecular formula is C32H30N4O6S. The Morgan fingerprint density at radius 3 is 2.53 bits per heavy atom. The Morgan fingerprint density at radius 2 is 1.81 bits per heavy atom. The van der Waals surface area contributed by atoms with E-state index in [0.29, 0.717) is 52.9 Å². The number of pyridine rings is 1. The van der Waals surface area contributed by atoms with Crippen molar-refractivity contribution in [2.24, 2.45) is 0 Å². The molecule has 0 aliphatic carbocycles. The van der Waals surface area contributed by atoms with Crippen molar-refractivity contribution in [3.63, 3.8) is 0 Å². The second-order valence-electron chi connectivity index (χ2n) is 10.2. The van der Waals surface area contributed by atoms with E-state index in [1.807, 2.05) is 57.2 Å². The summed E-state index contributed by atoms with van der Waals surface area (Å²) in [6, 6.07) is 15.6. The molecular weight excluding hydrogens is 568 g/mol. The molecule has 0 bridgehead atoms. The molecule has 6 rings (SSSR count). The number of carbonyl (C=O) groups excluding carboxylic acids is 2. The molecule has 0 saturated carbocycles. The van der Waals surface area contributed by atoms with Crippen LogP contribution in [0.25, 0.3) is 27.8 Å². The summed E-state index contributed by atoms with van der Waals surface area (Å²) in [6.45, 7) is 6.49. The van der Waals surface area contributed by atoms with E-state index in [4.69, 9.17) is 19.3 Å². The summed E-state index contributed by atoms with van der Waals surface area (Å²) < 4.78 is 19.7. The van der Waals surface area contributed by atoms with E-state index in [2.05, 4.69) is 5.32 Å². The number of hydrogen-bond acceptors (Lipinski definition) is 8. The molecule has 0 spiro atoms. The number of thiophene rings is 1. The second-order valence-corrected chi connectivity index (χ2v) is 11.1. The zero-order chi connectivity index (χ0) is 30.2. The lowest BCUT2D eigenvalue weighted by Crippen LogP contribution is -2.34. The normalized spacial score (nSPS) is 13.1. The lowest BCUT2D eigenvalue weighted by atomic mass is 10.0. The van der Waals surface area contributed by atoms with Gasteiger partial charge in [-0.05, 0) is 55.7 Å². The van der Waals surface area contributed by atoms with Gasteiger partial charge >= 0.3 is 5.97 Å². The van der Waals surface area contributed by atoms with Crippen LogP contribution in [-0.4, -0.2) is 46.5 Å². The van der Waals surface area contributed by atoms with Crippen LogP contribution in [0.15, 0.2) is 64.8 Å². The molecule has 0 radical (unpaired) electrons. The van der Waals surface area contributed by atoms with E-state index >= 15 is 0 Å². The predicted octanol–water partition coefficient (Wildman–Crippen LogP) is 5.68. The van der Waals surface area contributed by atoms with Crippen LogP contribution >= 0.6 is 11.3 Å². The number of esters is 1. The number of nitrogens with zero attached hydrogens (tertiary/aromatic N) is 3. The zero-order valence-corrected chi connectivity index (χ0v) is 25.0. The first-order chi connectivity index (χ1) is 20.8. The van der Waals surface area contributed by atoms with Gasteiger partial charge in [-0.15, -0.1) is 11.3 Å². The fraction of sp³-hybridized carbons (Fsp3) is 0.250. The van der Waals surface area contributed by atoms with Gasteiger partial charge in [-0.2, -0.15) is 5.10 Å². The predicted molar refractivity (Wildman–Crippen MR) is 165 cm³/mol. The molecule has 1 aliphatic rings. The first-order valence-electron chi connectivity index (χ1n) is 13.9. The van der Waals surface area contributed by atoms with Gasteiger partial charge in [-0.25, -0.2) is 9.48 Å². The van der Waals surface area contributed by atoms with Crippen LogP contribution < -0.4 is 20.3 Å². The van der Waals surface area contributed by atoms with Crippen molar-refractivity contribution in [1.29, 1.82) is 0 Å². The van der Waals surface area contributed by atoms with Crippen LogP contribution in [0.5, 0.6) is 11.5 Å². The number of amides is 1. The molecule has 1 atom stereocenters. The Labute approximate surface area is 251 Å². The van der Waals surface area contributed by atoms with E-state index < -0.39 is 17.9 Å². The van der Waals surface area contributed by atoms with Gasteiger partial charge in [0, 0.05) is 22.4 Å². The molecule has 11 heteroatoms. The molecule has 3 aromatic heterocycles. The SMILES string of the molecule is CCC(C(=O)Nc1scc(-c2ccc3c(c2)OCCO3)c1C(=O)OC)n1c(=O)cc(C)c2c(C)nn(-c3ccccc3)c21. The smallest absolute Gasteiger partial charge is 0.341 e. The van der Waals surface area contributed by atoms with Gasteiger partial charge in [-0.1, -0.05) is 31.2 Å². The Morgan fingerprint density at radius 1 is 1.07 bits per heavy atom. The standard InChI is InChI=1S/C32H30N4O6S/c1-5-23(35-26(37)15-18(2)27-19(3)34-36(31(27)35)21-9-7-6-8-10-21)29(38)33-30-28(32(39)40-4)22(17-43-30)20-11-12-24-25(16-20)42-14-13-41-24/h6-12,15-17,23H,5,13-14H2,1-4H3,(H,33,38). The Balaban J connectivity index is 1.43. The number of fused-ring (bicyclic) bond motifs is 2. The molecule has 1 amide bonds. The highest BCUT2D eigenvalue weighted by atomic mass is 32.1. The van der Waals surface area contributed by atoms with Gasteiger partial charge in [0.05, 0.1) is 18.5 Å². The topological polar surface area (TPSA) is 114 Å². The number of anilines is 1. The first-order valence-corrected chi connectivity index (χ1v) is 14.8. The summed E-state index contributed by atoms with van der Waals surface area (Å²) in [5.74, 6) is 0.176. The molecule has 0 saturated heterocycles. The third-order valence-electron chi connectivity index (χ3n) is 7.51. The lowest BCUT2D eigenvalue weighted by Gasteiger charge is -2.21. The average Bonchev–Trinajstić information content (AvgIpc) is 3.60. The van der Waals surface area contributed by atoms with Crippen LogP contribution in [0.2, 0.25) is 0 Å². The molecule has 2 aromatic carbocycles. The molecule has 0 fully saturated rings. The minimum absolute atomic E-state index is 0.221. The largest absolute Gasteiger partial charge is 0.486 e. The Bertz CT molecular complexity index is 1920. The summed E-state index contributed by atoms with van der Waals surface area (Å²) in [7, 11) is 1.30. The molecule has 220 valence electrons. The molecule has 5 aromatic rings. The summed E-state index contributed by atoms with van der Waals surface area (Å²) in [4.78, 5) is 40.6. The van der Waals surface area contributed by atoms with Crippen molar-refractivity contribution >= 4 is 39.2 Å². The molecule has 1 N–H and O–H groups in total. The number of ether oxygens (including phenoxy) is 3. The van der Waals surface area contributed by atoms with Crippen molar-refractivity contribution in [1.82, 2.24) is 14.3 Å². The summed E-state index contributed by atoms with van der Waals surface area (Å²) in [6.07, 6.45) is 0.316. The van der Waals surface area contributed by atoms with Crippen molar-refractivity contribution in [2.75, 3.05) is 25.6 Å². The molecule has 10 nitrogen and oxygen atoms in total.